The number of nitrogens with zero attached hydrogens (tertiary/aromatic N) is 3. The summed E-state index contributed by atoms with van der Waals surface area (Å²) in [4.78, 5) is 18.7. The van der Waals surface area contributed by atoms with E-state index in [2.05, 4.69) is 15.5 Å². The van der Waals surface area contributed by atoms with E-state index in [0.717, 1.165) is 18.4 Å². The maximum Gasteiger partial charge on any atom is 0.257 e. The van der Waals surface area contributed by atoms with Gasteiger partial charge in [0.05, 0.1) is 12.6 Å². The van der Waals surface area contributed by atoms with Gasteiger partial charge in [0, 0.05) is 11.6 Å². The molecule has 0 spiro atoms. The van der Waals surface area contributed by atoms with Gasteiger partial charge >= 0.3 is 0 Å². The zero-order valence-corrected chi connectivity index (χ0v) is 14.2. The quantitative estimate of drug-likeness (QED) is 0.882. The zero-order valence-electron chi connectivity index (χ0n) is 14.2. The minimum atomic E-state index is -0.232. The molecule has 1 aromatic carbocycles. The first-order chi connectivity index (χ1) is 11.6. The maximum absolute atomic E-state index is 12.3. The molecular weight excluding hydrogens is 304 g/mol. The molecule has 0 saturated heterocycles. The van der Waals surface area contributed by atoms with Crippen molar-refractivity contribution in [2.45, 2.75) is 51.2 Å². The first-order valence-electron chi connectivity index (χ1n) is 8.52. The normalized spacial score (nSPS) is 16.5. The van der Waals surface area contributed by atoms with E-state index in [-0.39, 0.29) is 11.9 Å². The van der Waals surface area contributed by atoms with E-state index in [0.29, 0.717) is 24.3 Å². The molecule has 0 aliphatic heterocycles. The van der Waals surface area contributed by atoms with E-state index >= 15 is 0 Å². The molecule has 2 aromatic rings. The Labute approximate surface area is 142 Å². The lowest BCUT2D eigenvalue weighted by molar-refractivity contribution is -0.126. The van der Waals surface area contributed by atoms with Gasteiger partial charge in [-0.25, -0.2) is 0 Å². The number of hydrogen-bond donors (Lipinski definition) is 1. The van der Waals surface area contributed by atoms with Crippen molar-refractivity contribution >= 4 is 5.91 Å². The second-order valence-corrected chi connectivity index (χ2v) is 6.46. The highest BCUT2D eigenvalue weighted by Crippen LogP contribution is 2.19. The summed E-state index contributed by atoms with van der Waals surface area (Å²) in [5.41, 5.74) is 0.894. The first kappa shape index (κ1) is 16.6. The lowest BCUT2D eigenvalue weighted by atomic mass is 10.2. The fourth-order valence-electron chi connectivity index (χ4n) is 2.97. The molecule has 1 aliphatic rings. The van der Waals surface area contributed by atoms with E-state index in [4.69, 9.17) is 4.52 Å². The summed E-state index contributed by atoms with van der Waals surface area (Å²) >= 11 is 0. The molecule has 1 saturated carbocycles. The average Bonchev–Trinajstić information content (AvgIpc) is 3.27. The Morgan fingerprint density at radius 2 is 2.04 bits per heavy atom. The number of nitrogens with one attached hydrogen (secondary N) is 1. The van der Waals surface area contributed by atoms with Crippen LogP contribution in [0.3, 0.4) is 0 Å². The molecule has 0 radical (unpaired) electrons. The molecule has 1 amide bonds. The maximum atomic E-state index is 12.3. The molecule has 6 heteroatoms. The van der Waals surface area contributed by atoms with Crippen LogP contribution in [0.25, 0.3) is 11.5 Å². The van der Waals surface area contributed by atoms with E-state index in [1.165, 1.54) is 12.8 Å². The van der Waals surface area contributed by atoms with Crippen molar-refractivity contribution in [1.82, 2.24) is 20.4 Å². The van der Waals surface area contributed by atoms with Gasteiger partial charge in [0.2, 0.25) is 5.91 Å². The van der Waals surface area contributed by atoms with Gasteiger partial charge in [0.25, 0.3) is 5.89 Å². The molecule has 1 aromatic heterocycles. The summed E-state index contributed by atoms with van der Waals surface area (Å²) in [7, 11) is 1.90. The number of likely N-dealkylation sites (N-methyl/N-ethyl adjacent to an activating group) is 1. The van der Waals surface area contributed by atoms with Gasteiger partial charge < -0.3 is 9.84 Å². The van der Waals surface area contributed by atoms with Gasteiger partial charge in [-0.15, -0.1) is 0 Å². The summed E-state index contributed by atoms with van der Waals surface area (Å²) in [5, 5.41) is 7.15. The van der Waals surface area contributed by atoms with Crippen LogP contribution in [0.5, 0.6) is 0 Å². The Morgan fingerprint density at radius 3 is 2.75 bits per heavy atom. The predicted octanol–water partition coefficient (Wildman–Crippen LogP) is 2.62. The third-order valence-electron chi connectivity index (χ3n) is 4.62. The fraction of sp³-hybridized carbons (Fsp3) is 0.500. The fourth-order valence-corrected chi connectivity index (χ4v) is 2.97. The molecule has 3 rings (SSSR count). The number of amides is 1. The van der Waals surface area contributed by atoms with Crippen molar-refractivity contribution in [2.75, 3.05) is 7.05 Å². The second kappa shape index (κ2) is 7.57. The van der Waals surface area contributed by atoms with Crippen LogP contribution in [-0.2, 0) is 11.3 Å². The summed E-state index contributed by atoms with van der Waals surface area (Å²) in [6, 6.07) is 9.77. The predicted molar refractivity (Wildman–Crippen MR) is 91.1 cm³/mol. The van der Waals surface area contributed by atoms with Crippen LogP contribution >= 0.6 is 0 Å². The molecule has 1 heterocycles. The summed E-state index contributed by atoms with van der Waals surface area (Å²) in [5.74, 6) is 1.15. The van der Waals surface area contributed by atoms with Crippen molar-refractivity contribution < 1.29 is 9.32 Å². The molecule has 1 N–H and O–H groups in total. The Kier molecular flexibility index (Phi) is 5.25. The van der Waals surface area contributed by atoms with Crippen LogP contribution in [0.15, 0.2) is 34.9 Å². The number of hydrogen-bond acceptors (Lipinski definition) is 5. The van der Waals surface area contributed by atoms with E-state index in [1.54, 1.807) is 0 Å². The molecule has 1 aliphatic carbocycles. The van der Waals surface area contributed by atoms with Crippen LogP contribution < -0.4 is 5.32 Å². The van der Waals surface area contributed by atoms with Gasteiger partial charge in [0.1, 0.15) is 0 Å². The number of benzene rings is 1. The van der Waals surface area contributed by atoms with E-state index in [1.807, 2.05) is 49.2 Å². The van der Waals surface area contributed by atoms with Crippen LogP contribution in [0.2, 0.25) is 0 Å². The lowest BCUT2D eigenvalue weighted by Gasteiger charge is -2.24. The highest BCUT2D eigenvalue weighted by Gasteiger charge is 2.24. The summed E-state index contributed by atoms with van der Waals surface area (Å²) in [6.07, 6.45) is 4.60. The van der Waals surface area contributed by atoms with Crippen molar-refractivity contribution in [1.29, 1.82) is 0 Å². The molecule has 128 valence electrons. The van der Waals surface area contributed by atoms with Crippen molar-refractivity contribution in [2.24, 2.45) is 0 Å². The van der Waals surface area contributed by atoms with Crippen molar-refractivity contribution in [3.63, 3.8) is 0 Å². The Morgan fingerprint density at radius 1 is 1.33 bits per heavy atom. The lowest BCUT2D eigenvalue weighted by Crippen LogP contribution is -2.46. The van der Waals surface area contributed by atoms with Gasteiger partial charge in [-0.1, -0.05) is 36.2 Å². The van der Waals surface area contributed by atoms with E-state index < -0.39 is 0 Å². The van der Waals surface area contributed by atoms with Gasteiger partial charge in [-0.2, -0.15) is 4.98 Å². The standard InChI is InChI=1S/C18H24N4O2/c1-13(17(23)19-15-10-6-7-11-15)22(2)12-16-20-18(24-21-16)14-8-4-3-5-9-14/h3-5,8-9,13,15H,6-7,10-12H2,1-2H3,(H,19,23). The number of carbonyl (C=O) groups is 1. The smallest absolute Gasteiger partial charge is 0.257 e. The number of aromatic nitrogens is 2. The highest BCUT2D eigenvalue weighted by atomic mass is 16.5. The van der Waals surface area contributed by atoms with Crippen LogP contribution in [0.1, 0.15) is 38.4 Å². The van der Waals surface area contributed by atoms with E-state index in [9.17, 15) is 4.79 Å². The minimum absolute atomic E-state index is 0.0659. The van der Waals surface area contributed by atoms with Crippen molar-refractivity contribution in [3.05, 3.63) is 36.2 Å². The SMILES string of the molecule is CC(C(=O)NC1CCCC1)N(C)Cc1noc(-c2ccccc2)n1. The third-order valence-corrected chi connectivity index (χ3v) is 4.62. The number of rotatable bonds is 6. The summed E-state index contributed by atoms with van der Waals surface area (Å²) in [6.45, 7) is 2.37. The largest absolute Gasteiger partial charge is 0.352 e. The number of carbonyl (C=O) groups excluding carboxylic acids is 1. The second-order valence-electron chi connectivity index (χ2n) is 6.46. The molecular formula is C18H24N4O2. The van der Waals surface area contributed by atoms with Gasteiger partial charge in [0.15, 0.2) is 5.82 Å². The Bertz CT molecular complexity index is 665. The molecule has 6 nitrogen and oxygen atoms in total. The van der Waals surface area contributed by atoms with Crippen LogP contribution in [0, 0.1) is 0 Å². The van der Waals surface area contributed by atoms with Crippen molar-refractivity contribution in [3.8, 4) is 11.5 Å². The Hall–Kier alpha value is -2.21. The van der Waals surface area contributed by atoms with Crippen LogP contribution in [0.4, 0.5) is 0 Å². The first-order valence-corrected chi connectivity index (χ1v) is 8.52. The molecule has 24 heavy (non-hydrogen) atoms. The highest BCUT2D eigenvalue weighted by molar-refractivity contribution is 5.81. The van der Waals surface area contributed by atoms with Crippen LogP contribution in [-0.4, -0.2) is 40.1 Å². The average molecular weight is 328 g/mol. The van der Waals surface area contributed by atoms with Gasteiger partial charge in [-0.3, -0.25) is 9.69 Å². The molecule has 1 unspecified atom stereocenters. The Balaban J connectivity index is 1.57. The zero-order chi connectivity index (χ0) is 16.9. The molecule has 1 atom stereocenters. The molecule has 1 fully saturated rings. The topological polar surface area (TPSA) is 71.3 Å². The minimum Gasteiger partial charge on any atom is -0.352 e. The monoisotopic (exact) mass is 328 g/mol. The van der Waals surface area contributed by atoms with Gasteiger partial charge in [-0.05, 0) is 38.9 Å². The molecule has 0 bridgehead atoms. The summed E-state index contributed by atoms with van der Waals surface area (Å²) < 4.78 is 5.31. The third kappa shape index (κ3) is 4.00.